The molecule has 5 rings (SSSR count). The number of halogens is 4. The van der Waals surface area contributed by atoms with Crippen LogP contribution in [-0.2, 0) is 25.6 Å². The van der Waals surface area contributed by atoms with E-state index in [9.17, 15) is 27.2 Å². The number of hydrogen-bond acceptors (Lipinski definition) is 5. The summed E-state index contributed by atoms with van der Waals surface area (Å²) in [7, 11) is 1.83. The van der Waals surface area contributed by atoms with Crippen LogP contribution in [0, 0.1) is 17.7 Å². The third-order valence-corrected chi connectivity index (χ3v) is 8.18. The molecule has 3 heterocycles. The summed E-state index contributed by atoms with van der Waals surface area (Å²) in [6, 6.07) is 5.71. The van der Waals surface area contributed by atoms with E-state index < -0.39 is 41.0 Å². The van der Waals surface area contributed by atoms with Crippen LogP contribution < -0.4 is 10.9 Å². The molecule has 1 atom stereocenters. The maximum absolute atomic E-state index is 15.0. The van der Waals surface area contributed by atoms with Gasteiger partial charge in [-0.25, -0.2) is 4.39 Å². The highest BCUT2D eigenvalue weighted by Gasteiger charge is 2.48. The van der Waals surface area contributed by atoms with Gasteiger partial charge in [0, 0.05) is 26.3 Å². The second kappa shape index (κ2) is 11.0. The molecule has 1 aliphatic heterocycles. The average Bonchev–Trinajstić information content (AvgIpc) is 3.30. The standard InChI is InChI=1S/C29H34F4N6O2/c1-18-5-4-8-38(13-18)14-20-9-22(26(41)39(15-20)16-29(31,32)33)25(40)35-24-10-21(6-7-23(24)30)28(11-19(2)12-28)27-36-34-17-37(27)3/h6-7,9-10,15,17-19H,4-5,8,11-14,16H2,1-3H3,(H,35,40)/t18-,19?,28?/m0/s1. The zero-order valence-corrected chi connectivity index (χ0v) is 23.3. The van der Waals surface area contributed by atoms with Crippen molar-refractivity contribution in [3.8, 4) is 0 Å². The molecule has 8 nitrogen and oxygen atoms in total. The maximum atomic E-state index is 15.0. The van der Waals surface area contributed by atoms with Crippen molar-refractivity contribution >= 4 is 11.6 Å². The molecule has 0 unspecified atom stereocenters. The number of anilines is 1. The minimum atomic E-state index is -4.66. The van der Waals surface area contributed by atoms with Gasteiger partial charge in [0.1, 0.15) is 30.1 Å². The van der Waals surface area contributed by atoms with Gasteiger partial charge in [-0.1, -0.05) is 19.9 Å². The van der Waals surface area contributed by atoms with E-state index in [4.69, 9.17) is 0 Å². The highest BCUT2D eigenvalue weighted by atomic mass is 19.4. The van der Waals surface area contributed by atoms with Crippen LogP contribution in [0.4, 0.5) is 23.2 Å². The van der Waals surface area contributed by atoms with E-state index >= 15 is 0 Å². The molecule has 0 spiro atoms. The van der Waals surface area contributed by atoms with Crippen LogP contribution in [0.1, 0.15) is 66.8 Å². The van der Waals surface area contributed by atoms with E-state index in [1.807, 2.05) is 11.6 Å². The normalized spacial score (nSPS) is 23.3. The van der Waals surface area contributed by atoms with Crippen molar-refractivity contribution in [1.82, 2.24) is 24.2 Å². The van der Waals surface area contributed by atoms with Crippen LogP contribution in [0.2, 0.25) is 0 Å². The quantitative estimate of drug-likeness (QED) is 0.407. The summed E-state index contributed by atoms with van der Waals surface area (Å²) >= 11 is 0. The number of carbonyl (C=O) groups is 1. The lowest BCUT2D eigenvalue weighted by molar-refractivity contribution is -0.141. The van der Waals surface area contributed by atoms with Gasteiger partial charge in [0.05, 0.1) is 11.1 Å². The highest BCUT2D eigenvalue weighted by molar-refractivity contribution is 6.04. The summed E-state index contributed by atoms with van der Waals surface area (Å²) in [6.07, 6.45) is 1.62. The number of aryl methyl sites for hydroxylation is 1. The summed E-state index contributed by atoms with van der Waals surface area (Å²) in [6.45, 7) is 4.52. The number of piperidine rings is 1. The lowest BCUT2D eigenvalue weighted by Crippen LogP contribution is -2.43. The molecule has 41 heavy (non-hydrogen) atoms. The van der Waals surface area contributed by atoms with Gasteiger partial charge < -0.3 is 14.5 Å². The molecule has 0 radical (unpaired) electrons. The van der Waals surface area contributed by atoms with Crippen molar-refractivity contribution in [2.75, 3.05) is 18.4 Å². The number of pyridine rings is 1. The number of amides is 1. The first-order chi connectivity index (χ1) is 19.3. The summed E-state index contributed by atoms with van der Waals surface area (Å²) < 4.78 is 57.3. The Hall–Kier alpha value is -3.54. The lowest BCUT2D eigenvalue weighted by Gasteiger charge is -2.46. The second-order valence-electron chi connectivity index (χ2n) is 11.8. The number of carbonyl (C=O) groups excluding carboxylic acids is 1. The molecule has 3 aromatic rings. The Morgan fingerprint density at radius 1 is 1.17 bits per heavy atom. The third kappa shape index (κ3) is 6.07. The van der Waals surface area contributed by atoms with Crippen LogP contribution in [0.5, 0.6) is 0 Å². The average molecular weight is 575 g/mol. The Labute approximate surface area is 235 Å². The van der Waals surface area contributed by atoms with Crippen molar-refractivity contribution in [3.63, 3.8) is 0 Å². The van der Waals surface area contributed by atoms with Crippen molar-refractivity contribution in [1.29, 1.82) is 0 Å². The lowest BCUT2D eigenvalue weighted by atomic mass is 9.58. The van der Waals surface area contributed by atoms with Gasteiger partial charge in [-0.2, -0.15) is 13.2 Å². The molecule has 2 fully saturated rings. The Kier molecular flexibility index (Phi) is 7.80. The number of likely N-dealkylation sites (tertiary alicyclic amines) is 1. The fraction of sp³-hybridized carbons (Fsp3) is 0.517. The second-order valence-corrected chi connectivity index (χ2v) is 11.8. The molecule has 1 saturated carbocycles. The predicted octanol–water partition coefficient (Wildman–Crippen LogP) is 4.88. The summed E-state index contributed by atoms with van der Waals surface area (Å²) in [5.41, 5.74) is -1.11. The van der Waals surface area contributed by atoms with Gasteiger partial charge >= 0.3 is 6.18 Å². The van der Waals surface area contributed by atoms with E-state index in [2.05, 4.69) is 34.3 Å². The molecular weight excluding hydrogens is 540 g/mol. The number of nitrogens with one attached hydrogen (secondary N) is 1. The van der Waals surface area contributed by atoms with E-state index in [0.717, 1.165) is 50.5 Å². The van der Waals surface area contributed by atoms with Crippen LogP contribution in [0.25, 0.3) is 0 Å². The number of hydrogen-bond donors (Lipinski definition) is 1. The molecule has 1 saturated heterocycles. The molecule has 220 valence electrons. The number of nitrogens with zero attached hydrogens (tertiary/aromatic N) is 5. The fourth-order valence-corrected chi connectivity index (χ4v) is 6.45. The molecule has 0 bridgehead atoms. The van der Waals surface area contributed by atoms with E-state index in [-0.39, 0.29) is 5.69 Å². The maximum Gasteiger partial charge on any atom is 0.406 e. The number of benzene rings is 1. The fourth-order valence-electron chi connectivity index (χ4n) is 6.45. The van der Waals surface area contributed by atoms with Crippen LogP contribution in [0.15, 0.2) is 41.6 Å². The zero-order chi connectivity index (χ0) is 29.5. The first-order valence-corrected chi connectivity index (χ1v) is 13.8. The van der Waals surface area contributed by atoms with Crippen LogP contribution in [0.3, 0.4) is 0 Å². The first-order valence-electron chi connectivity index (χ1n) is 13.8. The van der Waals surface area contributed by atoms with Gasteiger partial charge in [-0.05, 0) is 73.4 Å². The molecule has 2 aromatic heterocycles. The molecule has 1 aliphatic carbocycles. The van der Waals surface area contributed by atoms with Crippen molar-refractivity contribution in [3.05, 3.63) is 75.5 Å². The van der Waals surface area contributed by atoms with Gasteiger partial charge in [0.2, 0.25) is 0 Å². The molecular formula is C29H34F4N6O2. The smallest absolute Gasteiger partial charge is 0.320 e. The topological polar surface area (TPSA) is 85.1 Å². The predicted molar refractivity (Wildman–Crippen MR) is 145 cm³/mol. The summed E-state index contributed by atoms with van der Waals surface area (Å²) in [5.74, 6) is -0.143. The van der Waals surface area contributed by atoms with E-state index in [1.54, 1.807) is 12.4 Å². The van der Waals surface area contributed by atoms with Gasteiger partial charge in [-0.15, -0.1) is 10.2 Å². The van der Waals surface area contributed by atoms with Gasteiger partial charge in [0.25, 0.3) is 11.5 Å². The Bertz CT molecular complexity index is 1490. The van der Waals surface area contributed by atoms with Crippen LogP contribution in [-0.4, -0.2) is 49.4 Å². The Morgan fingerprint density at radius 2 is 1.93 bits per heavy atom. The number of alkyl halides is 3. The Morgan fingerprint density at radius 3 is 2.56 bits per heavy atom. The van der Waals surface area contributed by atoms with Crippen LogP contribution >= 0.6 is 0 Å². The third-order valence-electron chi connectivity index (χ3n) is 8.18. The Balaban J connectivity index is 1.47. The van der Waals surface area contributed by atoms with E-state index in [0.29, 0.717) is 34.3 Å². The monoisotopic (exact) mass is 574 g/mol. The number of aromatic nitrogens is 4. The molecule has 1 amide bonds. The van der Waals surface area contributed by atoms with Crippen molar-refractivity contribution in [2.24, 2.45) is 18.9 Å². The molecule has 1 aromatic carbocycles. The summed E-state index contributed by atoms with van der Waals surface area (Å²) in [4.78, 5) is 28.5. The van der Waals surface area contributed by atoms with Crippen molar-refractivity contribution in [2.45, 2.75) is 64.2 Å². The van der Waals surface area contributed by atoms with Gasteiger partial charge in [-0.3, -0.25) is 14.5 Å². The first kappa shape index (κ1) is 29.0. The zero-order valence-electron chi connectivity index (χ0n) is 23.3. The van der Waals surface area contributed by atoms with Crippen molar-refractivity contribution < 1.29 is 22.4 Å². The van der Waals surface area contributed by atoms with Gasteiger partial charge in [0.15, 0.2) is 0 Å². The minimum absolute atomic E-state index is 0.161. The largest absolute Gasteiger partial charge is 0.406 e. The molecule has 1 N–H and O–H groups in total. The molecule has 12 heteroatoms. The SMILES string of the molecule is CC1CC(c2ccc(F)c(NC(=O)c3cc(CN4CCC[C@H](C)C4)cn(CC(F)(F)F)c3=O)c2)(c2nncn2C)C1. The van der Waals surface area contributed by atoms with E-state index in [1.165, 1.54) is 18.2 Å². The highest BCUT2D eigenvalue weighted by Crippen LogP contribution is 2.51. The summed E-state index contributed by atoms with van der Waals surface area (Å²) in [5, 5.41) is 10.7. The number of rotatable bonds is 7. The minimum Gasteiger partial charge on any atom is -0.320 e. The molecule has 2 aliphatic rings.